The summed E-state index contributed by atoms with van der Waals surface area (Å²) in [6.45, 7) is 5.47. The Hall–Kier alpha value is -1.75. The Morgan fingerprint density at radius 1 is 1.24 bits per heavy atom. The van der Waals surface area contributed by atoms with E-state index in [4.69, 9.17) is 16.3 Å². The Balaban J connectivity index is 1.93. The lowest BCUT2D eigenvalue weighted by Crippen LogP contribution is -2.48. The lowest BCUT2D eigenvalue weighted by atomic mass is 9.90. The summed E-state index contributed by atoms with van der Waals surface area (Å²) in [5, 5.41) is 10.4. The first-order valence-electron chi connectivity index (χ1n) is 8.64. The smallest absolute Gasteiger partial charge is 0.411 e. The van der Waals surface area contributed by atoms with Gasteiger partial charge in [0.25, 0.3) is 0 Å². The summed E-state index contributed by atoms with van der Waals surface area (Å²) in [5.74, 6) is -1.72. The van der Waals surface area contributed by atoms with Crippen LogP contribution < -0.4 is 0 Å². The topological polar surface area (TPSA) is 66.8 Å². The first-order chi connectivity index (χ1) is 11.6. The molecular weight excluding hydrogens is 342 g/mol. The highest BCUT2D eigenvalue weighted by atomic mass is 35.5. The highest BCUT2D eigenvalue weighted by Crippen LogP contribution is 2.54. The molecule has 1 aromatic carbocycles. The molecule has 25 heavy (non-hydrogen) atoms. The Morgan fingerprint density at radius 2 is 1.84 bits per heavy atom. The van der Waals surface area contributed by atoms with Crippen LogP contribution >= 0.6 is 11.6 Å². The SMILES string of the molecule is CC(C)(C)OC(=O)N1[C@H](C(C(=O)O)c2ccc(Cl)cc2)CCC12CC2. The van der Waals surface area contributed by atoms with Gasteiger partial charge >= 0.3 is 12.1 Å². The van der Waals surface area contributed by atoms with Gasteiger partial charge in [-0.2, -0.15) is 0 Å². The molecule has 1 saturated heterocycles. The number of aliphatic carboxylic acids is 1. The minimum atomic E-state index is -0.932. The molecule has 1 aliphatic carbocycles. The van der Waals surface area contributed by atoms with E-state index in [-0.39, 0.29) is 5.54 Å². The summed E-state index contributed by atoms with van der Waals surface area (Å²) in [7, 11) is 0. The lowest BCUT2D eigenvalue weighted by Gasteiger charge is -2.35. The molecule has 1 aromatic rings. The van der Waals surface area contributed by atoms with Crippen LogP contribution in [0.2, 0.25) is 5.02 Å². The standard InChI is InChI=1S/C19H24ClNO4/c1-18(2,3)25-17(24)21-14(8-9-19(21)10-11-19)15(16(22)23)12-4-6-13(20)7-5-12/h4-7,14-15H,8-11H2,1-3H3,(H,22,23)/t14-,15?/m0/s1. The molecule has 0 radical (unpaired) electrons. The molecule has 2 aliphatic rings. The average molecular weight is 366 g/mol. The number of benzene rings is 1. The van der Waals surface area contributed by atoms with E-state index in [1.54, 1.807) is 29.2 Å². The first-order valence-corrected chi connectivity index (χ1v) is 9.01. The molecule has 0 aromatic heterocycles. The van der Waals surface area contributed by atoms with Gasteiger partial charge in [-0.25, -0.2) is 4.79 Å². The van der Waals surface area contributed by atoms with Crippen molar-refractivity contribution >= 4 is 23.7 Å². The Morgan fingerprint density at radius 3 is 2.32 bits per heavy atom. The van der Waals surface area contributed by atoms with Crippen molar-refractivity contribution in [2.24, 2.45) is 0 Å². The van der Waals surface area contributed by atoms with Crippen LogP contribution in [0.5, 0.6) is 0 Å². The van der Waals surface area contributed by atoms with Crippen molar-refractivity contribution in [2.45, 2.75) is 69.6 Å². The second-order valence-corrected chi connectivity index (χ2v) is 8.48. The van der Waals surface area contributed by atoms with E-state index < -0.39 is 29.6 Å². The largest absolute Gasteiger partial charge is 0.481 e. The van der Waals surface area contributed by atoms with Crippen LogP contribution in [-0.2, 0) is 9.53 Å². The van der Waals surface area contributed by atoms with Crippen LogP contribution in [-0.4, -0.2) is 39.3 Å². The summed E-state index contributed by atoms with van der Waals surface area (Å²) in [4.78, 5) is 26.6. The monoisotopic (exact) mass is 365 g/mol. The van der Waals surface area contributed by atoms with Crippen molar-refractivity contribution < 1.29 is 19.4 Å². The Kier molecular flexibility index (Phi) is 4.48. The third-order valence-corrected chi connectivity index (χ3v) is 5.30. The predicted octanol–water partition coefficient (Wildman–Crippen LogP) is 4.44. The molecule has 0 bridgehead atoms. The normalized spacial score (nSPS) is 22.7. The van der Waals surface area contributed by atoms with Gasteiger partial charge in [-0.05, 0) is 64.2 Å². The number of carboxylic acids is 1. The summed E-state index contributed by atoms with van der Waals surface area (Å²) < 4.78 is 5.59. The molecule has 2 fully saturated rings. The second kappa shape index (κ2) is 6.20. The van der Waals surface area contributed by atoms with Gasteiger partial charge in [0.1, 0.15) is 11.5 Å². The third-order valence-electron chi connectivity index (χ3n) is 5.05. The molecule has 1 amide bonds. The molecule has 136 valence electrons. The lowest BCUT2D eigenvalue weighted by molar-refractivity contribution is -0.140. The van der Waals surface area contributed by atoms with Gasteiger partial charge in [-0.3, -0.25) is 9.69 Å². The van der Waals surface area contributed by atoms with Crippen molar-refractivity contribution in [3.05, 3.63) is 34.9 Å². The fraction of sp³-hybridized carbons (Fsp3) is 0.579. The molecule has 1 N–H and O–H groups in total. The molecule has 3 rings (SSSR count). The summed E-state index contributed by atoms with van der Waals surface area (Å²) >= 11 is 5.93. The molecule has 5 nitrogen and oxygen atoms in total. The van der Waals surface area contributed by atoms with Gasteiger partial charge in [-0.1, -0.05) is 23.7 Å². The van der Waals surface area contributed by atoms with E-state index in [9.17, 15) is 14.7 Å². The number of ether oxygens (including phenoxy) is 1. The van der Waals surface area contributed by atoms with Crippen LogP contribution in [0.15, 0.2) is 24.3 Å². The van der Waals surface area contributed by atoms with E-state index in [0.717, 1.165) is 19.3 Å². The van der Waals surface area contributed by atoms with Crippen LogP contribution in [0.1, 0.15) is 57.9 Å². The number of hydrogen-bond acceptors (Lipinski definition) is 3. The molecule has 1 aliphatic heterocycles. The van der Waals surface area contributed by atoms with Gasteiger partial charge in [0.15, 0.2) is 0 Å². The third kappa shape index (κ3) is 3.61. The van der Waals surface area contributed by atoms with Crippen LogP contribution in [0.25, 0.3) is 0 Å². The molecule has 1 saturated carbocycles. The maximum absolute atomic E-state index is 12.8. The number of rotatable bonds is 3. The zero-order chi connectivity index (χ0) is 18.4. The van der Waals surface area contributed by atoms with Crippen LogP contribution in [0, 0.1) is 0 Å². The fourth-order valence-electron chi connectivity index (χ4n) is 3.81. The predicted molar refractivity (Wildman–Crippen MR) is 94.9 cm³/mol. The van der Waals surface area contributed by atoms with Gasteiger partial charge in [-0.15, -0.1) is 0 Å². The summed E-state index contributed by atoms with van der Waals surface area (Å²) in [5.41, 5.74) is -0.167. The molecular formula is C19H24ClNO4. The second-order valence-electron chi connectivity index (χ2n) is 8.05. The number of nitrogens with zero attached hydrogens (tertiary/aromatic N) is 1. The van der Waals surface area contributed by atoms with E-state index in [0.29, 0.717) is 17.0 Å². The van der Waals surface area contributed by atoms with Crippen molar-refractivity contribution in [3.63, 3.8) is 0 Å². The van der Waals surface area contributed by atoms with Crippen molar-refractivity contribution in [1.82, 2.24) is 4.90 Å². The van der Waals surface area contributed by atoms with Gasteiger partial charge in [0.05, 0.1) is 6.04 Å². The number of carbonyl (C=O) groups is 2. The molecule has 1 unspecified atom stereocenters. The molecule has 1 spiro atoms. The number of halogens is 1. The van der Waals surface area contributed by atoms with Gasteiger partial charge in [0, 0.05) is 10.6 Å². The van der Waals surface area contributed by atoms with Crippen LogP contribution in [0.4, 0.5) is 4.79 Å². The van der Waals surface area contributed by atoms with Crippen molar-refractivity contribution in [3.8, 4) is 0 Å². The average Bonchev–Trinajstić information content (AvgIpc) is 3.15. The number of hydrogen-bond donors (Lipinski definition) is 1. The zero-order valence-corrected chi connectivity index (χ0v) is 15.5. The van der Waals surface area contributed by atoms with E-state index in [1.165, 1.54) is 0 Å². The Labute approximate surface area is 152 Å². The number of likely N-dealkylation sites (tertiary alicyclic amines) is 1. The maximum atomic E-state index is 12.8. The van der Waals surface area contributed by atoms with E-state index in [1.807, 2.05) is 20.8 Å². The van der Waals surface area contributed by atoms with Crippen LogP contribution in [0.3, 0.4) is 0 Å². The van der Waals surface area contributed by atoms with Crippen molar-refractivity contribution in [1.29, 1.82) is 0 Å². The number of carboxylic acid groups (broad SMARTS) is 1. The summed E-state index contributed by atoms with van der Waals surface area (Å²) in [6.07, 6.45) is 2.91. The maximum Gasteiger partial charge on any atom is 0.411 e. The zero-order valence-electron chi connectivity index (χ0n) is 14.8. The molecule has 6 heteroatoms. The molecule has 2 atom stereocenters. The highest BCUT2D eigenvalue weighted by Gasteiger charge is 2.60. The van der Waals surface area contributed by atoms with Gasteiger partial charge in [0.2, 0.25) is 0 Å². The highest BCUT2D eigenvalue weighted by molar-refractivity contribution is 6.30. The quantitative estimate of drug-likeness (QED) is 0.859. The minimum Gasteiger partial charge on any atom is -0.481 e. The minimum absolute atomic E-state index is 0.215. The first kappa shape index (κ1) is 18.1. The van der Waals surface area contributed by atoms with E-state index >= 15 is 0 Å². The van der Waals surface area contributed by atoms with Gasteiger partial charge < -0.3 is 9.84 Å². The number of carbonyl (C=O) groups excluding carboxylic acids is 1. The summed E-state index contributed by atoms with van der Waals surface area (Å²) in [6, 6.07) is 6.42. The van der Waals surface area contributed by atoms with Crippen molar-refractivity contribution in [2.75, 3.05) is 0 Å². The molecule has 1 heterocycles. The fourth-order valence-corrected chi connectivity index (χ4v) is 3.93. The van der Waals surface area contributed by atoms with E-state index in [2.05, 4.69) is 0 Å². The Bertz CT molecular complexity index is 676. The number of amides is 1.